The Labute approximate surface area is 171 Å². The molecule has 29 heavy (non-hydrogen) atoms. The lowest BCUT2D eigenvalue weighted by Crippen LogP contribution is -2.23. The first-order valence-electron chi connectivity index (χ1n) is 8.46. The van der Waals surface area contributed by atoms with Crippen LogP contribution in [0.25, 0.3) is 0 Å². The fourth-order valence-electron chi connectivity index (χ4n) is 2.51. The molecule has 3 aromatic rings. The molecule has 1 N–H and O–H groups in total. The third-order valence-corrected chi connectivity index (χ3v) is 4.15. The first-order chi connectivity index (χ1) is 14.0. The van der Waals surface area contributed by atoms with Crippen LogP contribution >= 0.6 is 11.6 Å². The number of hydrogen-bond donors (Lipinski definition) is 1. The van der Waals surface area contributed by atoms with Gasteiger partial charge in [0.2, 0.25) is 5.75 Å². The number of nitro groups is 1. The zero-order valence-electron chi connectivity index (χ0n) is 15.3. The number of ether oxygens (including phenoxy) is 2. The molecule has 0 spiro atoms. The molecule has 0 fully saturated rings. The van der Waals surface area contributed by atoms with Crippen LogP contribution in [0.15, 0.2) is 60.8 Å². The van der Waals surface area contributed by atoms with Gasteiger partial charge in [0.15, 0.2) is 11.5 Å². The number of halogens is 1. The van der Waals surface area contributed by atoms with Crippen molar-refractivity contribution in [2.45, 2.75) is 6.54 Å². The van der Waals surface area contributed by atoms with Crippen molar-refractivity contribution in [2.75, 3.05) is 7.11 Å². The van der Waals surface area contributed by atoms with Crippen molar-refractivity contribution in [3.05, 3.63) is 87.2 Å². The number of rotatable bonds is 7. The highest BCUT2D eigenvalue weighted by Gasteiger charge is 2.19. The molecule has 0 unspecified atom stereocenters. The van der Waals surface area contributed by atoms with Crippen molar-refractivity contribution in [3.8, 4) is 17.2 Å². The number of carbonyl (C=O) groups is 1. The van der Waals surface area contributed by atoms with Crippen LogP contribution in [-0.2, 0) is 6.54 Å². The second kappa shape index (κ2) is 9.03. The molecule has 0 aliphatic carbocycles. The molecule has 2 aromatic carbocycles. The fraction of sp³-hybridized carbons (Fsp3) is 0.100. The highest BCUT2D eigenvalue weighted by Crippen LogP contribution is 2.37. The summed E-state index contributed by atoms with van der Waals surface area (Å²) in [5.41, 5.74) is 0.787. The Morgan fingerprint density at radius 3 is 2.62 bits per heavy atom. The van der Waals surface area contributed by atoms with Crippen molar-refractivity contribution in [1.29, 1.82) is 0 Å². The average Bonchev–Trinajstić information content (AvgIpc) is 2.74. The summed E-state index contributed by atoms with van der Waals surface area (Å²) < 4.78 is 10.9. The maximum absolute atomic E-state index is 12.4. The number of nitrogens with zero attached hydrogens (tertiary/aromatic N) is 2. The molecular formula is C20H16ClN3O5. The van der Waals surface area contributed by atoms with Crippen LogP contribution in [0.5, 0.6) is 17.2 Å². The van der Waals surface area contributed by atoms with Gasteiger partial charge >= 0.3 is 5.69 Å². The number of pyridine rings is 1. The van der Waals surface area contributed by atoms with Crippen molar-refractivity contribution in [2.24, 2.45) is 0 Å². The number of benzene rings is 2. The number of amides is 1. The molecule has 1 aromatic heterocycles. The number of carbonyl (C=O) groups excluding carboxylic acids is 1. The summed E-state index contributed by atoms with van der Waals surface area (Å²) in [4.78, 5) is 27.2. The highest BCUT2D eigenvalue weighted by molar-refractivity contribution is 6.30. The third kappa shape index (κ3) is 4.99. The summed E-state index contributed by atoms with van der Waals surface area (Å²) in [7, 11) is 1.41. The minimum absolute atomic E-state index is 0.00468. The minimum Gasteiger partial charge on any atom is -0.493 e. The molecule has 0 aliphatic heterocycles. The van der Waals surface area contributed by atoms with Crippen molar-refractivity contribution < 1.29 is 19.2 Å². The van der Waals surface area contributed by atoms with Gasteiger partial charge in [-0.3, -0.25) is 19.9 Å². The van der Waals surface area contributed by atoms with Crippen LogP contribution in [0.1, 0.15) is 16.1 Å². The molecule has 0 radical (unpaired) electrons. The molecule has 148 valence electrons. The molecule has 0 aliphatic rings. The molecule has 1 amide bonds. The molecule has 0 atom stereocenters. The van der Waals surface area contributed by atoms with E-state index in [4.69, 9.17) is 21.1 Å². The molecule has 3 rings (SSSR count). The predicted octanol–water partition coefficient (Wildman–Crippen LogP) is 4.37. The summed E-state index contributed by atoms with van der Waals surface area (Å²) in [6, 6.07) is 14.0. The van der Waals surface area contributed by atoms with E-state index in [-0.39, 0.29) is 40.4 Å². The summed E-state index contributed by atoms with van der Waals surface area (Å²) in [6.07, 6.45) is 1.65. The Bertz CT molecular complexity index is 1040. The van der Waals surface area contributed by atoms with Crippen molar-refractivity contribution >= 4 is 23.2 Å². The molecule has 8 nitrogen and oxygen atoms in total. The SMILES string of the molecule is COc1cc(C(=O)NCc2ccccn2)ccc1Oc1ccc(Cl)cc1[N+](=O)[O-]. The third-order valence-electron chi connectivity index (χ3n) is 3.92. The second-order valence-corrected chi connectivity index (χ2v) is 6.28. The van der Waals surface area contributed by atoms with E-state index in [0.717, 1.165) is 5.69 Å². The van der Waals surface area contributed by atoms with E-state index in [2.05, 4.69) is 10.3 Å². The first-order valence-corrected chi connectivity index (χ1v) is 8.83. The van der Waals surface area contributed by atoms with E-state index in [1.54, 1.807) is 18.3 Å². The highest BCUT2D eigenvalue weighted by atomic mass is 35.5. The Morgan fingerprint density at radius 2 is 1.93 bits per heavy atom. The van der Waals surface area contributed by atoms with Gasteiger partial charge in [-0.25, -0.2) is 0 Å². The lowest BCUT2D eigenvalue weighted by molar-refractivity contribution is -0.385. The first kappa shape index (κ1) is 20.1. The van der Waals surface area contributed by atoms with Gasteiger partial charge in [0.25, 0.3) is 5.91 Å². The zero-order valence-corrected chi connectivity index (χ0v) is 16.1. The monoisotopic (exact) mass is 413 g/mol. The lowest BCUT2D eigenvalue weighted by Gasteiger charge is -2.12. The maximum Gasteiger partial charge on any atom is 0.313 e. The van der Waals surface area contributed by atoms with Gasteiger partial charge in [0.1, 0.15) is 0 Å². The van der Waals surface area contributed by atoms with Crippen LogP contribution in [0.3, 0.4) is 0 Å². The second-order valence-electron chi connectivity index (χ2n) is 5.84. The van der Waals surface area contributed by atoms with Gasteiger partial charge in [-0.2, -0.15) is 0 Å². The van der Waals surface area contributed by atoms with Crippen LogP contribution in [0.2, 0.25) is 5.02 Å². The van der Waals surface area contributed by atoms with E-state index in [0.29, 0.717) is 5.56 Å². The van der Waals surface area contributed by atoms with Gasteiger partial charge in [-0.05, 0) is 42.5 Å². The van der Waals surface area contributed by atoms with Gasteiger partial charge < -0.3 is 14.8 Å². The lowest BCUT2D eigenvalue weighted by atomic mass is 10.2. The van der Waals surface area contributed by atoms with E-state index in [1.807, 2.05) is 6.07 Å². The number of aromatic nitrogens is 1. The average molecular weight is 414 g/mol. The van der Waals surface area contributed by atoms with Gasteiger partial charge in [-0.1, -0.05) is 17.7 Å². The van der Waals surface area contributed by atoms with E-state index in [9.17, 15) is 14.9 Å². The van der Waals surface area contributed by atoms with Crippen LogP contribution in [-0.4, -0.2) is 22.9 Å². The quantitative estimate of drug-likeness (QED) is 0.455. The maximum atomic E-state index is 12.4. The zero-order chi connectivity index (χ0) is 20.8. The van der Waals surface area contributed by atoms with Crippen molar-refractivity contribution in [3.63, 3.8) is 0 Å². The smallest absolute Gasteiger partial charge is 0.313 e. The number of nitro benzene ring substituents is 1. The van der Waals surface area contributed by atoms with Gasteiger partial charge in [-0.15, -0.1) is 0 Å². The topological polar surface area (TPSA) is 104 Å². The van der Waals surface area contributed by atoms with E-state index in [1.165, 1.54) is 43.5 Å². The summed E-state index contributed by atoms with van der Waals surface area (Å²) in [5.74, 6) is 0.155. The van der Waals surface area contributed by atoms with Gasteiger partial charge in [0, 0.05) is 22.8 Å². The van der Waals surface area contributed by atoms with Crippen molar-refractivity contribution in [1.82, 2.24) is 10.3 Å². The Morgan fingerprint density at radius 1 is 1.14 bits per heavy atom. The Hall–Kier alpha value is -3.65. The molecule has 0 bridgehead atoms. The van der Waals surface area contributed by atoms with E-state index >= 15 is 0 Å². The minimum atomic E-state index is -0.590. The summed E-state index contributed by atoms with van der Waals surface area (Å²) in [5, 5.41) is 14.2. The largest absolute Gasteiger partial charge is 0.493 e. The number of methoxy groups -OCH3 is 1. The Balaban J connectivity index is 1.79. The summed E-state index contributed by atoms with van der Waals surface area (Å²) in [6.45, 7) is 0.275. The predicted molar refractivity (Wildman–Crippen MR) is 107 cm³/mol. The van der Waals surface area contributed by atoms with Crippen LogP contribution in [0.4, 0.5) is 5.69 Å². The fourth-order valence-corrected chi connectivity index (χ4v) is 2.67. The number of nitrogens with one attached hydrogen (secondary N) is 1. The molecule has 1 heterocycles. The molecular weight excluding hydrogens is 398 g/mol. The molecule has 0 saturated heterocycles. The summed E-state index contributed by atoms with van der Waals surface area (Å²) >= 11 is 5.82. The molecule has 0 saturated carbocycles. The Kier molecular flexibility index (Phi) is 6.25. The normalized spacial score (nSPS) is 10.3. The van der Waals surface area contributed by atoms with Crippen LogP contribution < -0.4 is 14.8 Å². The van der Waals surface area contributed by atoms with Crippen LogP contribution in [0, 0.1) is 10.1 Å². The molecule has 9 heteroatoms. The van der Waals surface area contributed by atoms with Gasteiger partial charge in [0.05, 0.1) is 24.3 Å². The number of hydrogen-bond acceptors (Lipinski definition) is 6. The standard InChI is InChI=1S/C20H16ClN3O5/c1-28-19-10-13(20(25)23-12-15-4-2-3-9-22-15)5-7-18(19)29-17-8-6-14(21)11-16(17)24(26)27/h2-11H,12H2,1H3,(H,23,25). The van der Waals surface area contributed by atoms with E-state index < -0.39 is 4.92 Å².